The summed E-state index contributed by atoms with van der Waals surface area (Å²) in [5.74, 6) is 1.38. The van der Waals surface area contributed by atoms with Gasteiger partial charge in [0.1, 0.15) is 23.6 Å². The maximum Gasteiger partial charge on any atom is 0.276 e. The van der Waals surface area contributed by atoms with Gasteiger partial charge in [-0.1, -0.05) is 11.2 Å². The van der Waals surface area contributed by atoms with E-state index in [1.807, 2.05) is 13.0 Å². The average molecular weight is 727 g/mol. The number of nitrogen functional groups attached to an aromatic ring is 1. The summed E-state index contributed by atoms with van der Waals surface area (Å²) in [5, 5.41) is 16.8. The molecule has 0 aliphatic carbocycles. The summed E-state index contributed by atoms with van der Waals surface area (Å²) in [6.07, 6.45) is 2.85. The molecule has 3 unspecified atom stereocenters. The van der Waals surface area contributed by atoms with Gasteiger partial charge >= 0.3 is 0 Å². The lowest BCUT2D eigenvalue weighted by Gasteiger charge is -2.50. The number of oxime groups is 1. The maximum absolute atomic E-state index is 13.5. The molecule has 2 amide bonds. The topological polar surface area (TPSA) is 192 Å². The van der Waals surface area contributed by atoms with Crippen LogP contribution in [-0.2, 0) is 35.9 Å². The van der Waals surface area contributed by atoms with E-state index >= 15 is 0 Å². The van der Waals surface area contributed by atoms with Crippen LogP contribution in [-0.4, -0.2) is 84.7 Å². The lowest BCUT2D eigenvalue weighted by molar-refractivity contribution is -0.690. The standard InChI is InChI=1S/C33H43N9O6S2/c1-19(47-40-28(24-18-49-32(35)38-24)30(43)39-29-31(44)42(33(29,2)3)48-50-45-4)25-8-6-22-13-21(5-9-26(22)46-25)23-7-10-27(37-12-11-34)41(17-23)16-20-14-36-15-20/h5,7,9-10,13,17-20,25,29,36H,6,8,11-12,14-16,34H2,1-4H3,(H3,35,38,39,43)/p+1/b40-28-. The van der Waals surface area contributed by atoms with Crippen LogP contribution in [0.5, 0.6) is 5.75 Å². The Morgan fingerprint density at radius 3 is 2.78 bits per heavy atom. The largest absolute Gasteiger partial charge is 0.486 e. The number of nitrogens with one attached hydrogen (secondary N) is 3. The molecule has 3 atom stereocenters. The number of hydrogen-bond donors (Lipinski definition) is 5. The molecule has 3 aromatic rings. The average Bonchev–Trinajstić information content (AvgIpc) is 3.53. The number of β-lactam (4-membered cyclic amide) rings is 1. The fraction of sp³-hybridized carbons (Fsp3) is 0.485. The zero-order valence-electron chi connectivity index (χ0n) is 28.5. The summed E-state index contributed by atoms with van der Waals surface area (Å²) in [6, 6.07) is 9.64. The molecule has 50 heavy (non-hydrogen) atoms. The monoisotopic (exact) mass is 726 g/mol. The molecule has 3 aliphatic rings. The van der Waals surface area contributed by atoms with E-state index in [4.69, 9.17) is 29.5 Å². The quantitative estimate of drug-likeness (QED) is 0.0504. The zero-order valence-corrected chi connectivity index (χ0v) is 30.1. The number of hydrogen-bond acceptors (Lipinski definition) is 14. The van der Waals surface area contributed by atoms with Crippen LogP contribution in [0.1, 0.15) is 38.4 Å². The Balaban J connectivity index is 1.13. The molecule has 3 aliphatic heterocycles. The number of amides is 2. The minimum atomic E-state index is -0.870. The van der Waals surface area contributed by atoms with E-state index < -0.39 is 29.5 Å². The number of thiazole rings is 1. The van der Waals surface area contributed by atoms with Crippen molar-refractivity contribution in [1.29, 1.82) is 0 Å². The van der Waals surface area contributed by atoms with Gasteiger partial charge in [-0.05, 0) is 62.9 Å². The fourth-order valence-corrected chi connectivity index (χ4v) is 7.03. The van der Waals surface area contributed by atoms with E-state index in [1.54, 1.807) is 19.2 Å². The van der Waals surface area contributed by atoms with Crippen LogP contribution in [0.3, 0.4) is 0 Å². The van der Waals surface area contributed by atoms with Crippen LogP contribution < -0.4 is 36.7 Å². The molecular formula is C33H44N9O6S2+. The van der Waals surface area contributed by atoms with E-state index in [9.17, 15) is 9.59 Å². The van der Waals surface area contributed by atoms with Gasteiger partial charge in [-0.3, -0.25) is 19.1 Å². The molecule has 0 radical (unpaired) electrons. The first kappa shape index (κ1) is 35.8. The smallest absolute Gasteiger partial charge is 0.276 e. The third-order valence-electron chi connectivity index (χ3n) is 9.11. The number of carbonyl (C=O) groups excluding carboxylic acids is 2. The third-order valence-corrected chi connectivity index (χ3v) is 10.1. The molecule has 1 aromatic carbocycles. The number of anilines is 2. The molecule has 2 aromatic heterocycles. The van der Waals surface area contributed by atoms with E-state index in [1.165, 1.54) is 18.4 Å². The SMILES string of the molecule is COSON1C(=O)C(NC(=O)/C(=N\OC(C)C2CCc3cc(-c4ccc(NCCN)[n+](CC5CNC5)c4)ccc3O2)c2csc(N)n2)C1(C)C. The van der Waals surface area contributed by atoms with Crippen molar-refractivity contribution in [2.45, 2.75) is 63.9 Å². The number of fused-ring (bicyclic) bond motifs is 1. The van der Waals surface area contributed by atoms with Crippen molar-refractivity contribution in [1.82, 2.24) is 20.7 Å². The van der Waals surface area contributed by atoms with Crippen LogP contribution in [0.4, 0.5) is 10.9 Å². The molecule has 268 valence electrons. The van der Waals surface area contributed by atoms with Crippen molar-refractivity contribution < 1.29 is 32.2 Å². The summed E-state index contributed by atoms with van der Waals surface area (Å²) in [4.78, 5) is 36.4. The molecule has 5 heterocycles. The Morgan fingerprint density at radius 2 is 2.10 bits per heavy atom. The summed E-state index contributed by atoms with van der Waals surface area (Å²) in [5.41, 5.74) is 14.3. The minimum absolute atomic E-state index is 0.102. The highest BCUT2D eigenvalue weighted by Crippen LogP contribution is 2.35. The summed E-state index contributed by atoms with van der Waals surface area (Å²) in [7, 11) is 1.42. The molecule has 17 heteroatoms. The molecule has 7 N–H and O–H groups in total. The number of rotatable bonds is 15. The number of carbonyl (C=O) groups is 2. The number of aromatic nitrogens is 2. The van der Waals surface area contributed by atoms with Crippen molar-refractivity contribution in [2.24, 2.45) is 16.8 Å². The van der Waals surface area contributed by atoms with E-state index in [0.717, 1.165) is 59.4 Å². The number of nitrogens with two attached hydrogens (primary N) is 2. The van der Waals surface area contributed by atoms with Gasteiger partial charge in [-0.2, -0.15) is 9.35 Å². The van der Waals surface area contributed by atoms with E-state index in [2.05, 4.69) is 61.1 Å². The van der Waals surface area contributed by atoms with Gasteiger partial charge in [0, 0.05) is 42.6 Å². The zero-order chi connectivity index (χ0) is 35.4. The lowest BCUT2D eigenvalue weighted by Crippen LogP contribution is -2.76. The Hall–Kier alpha value is -4.00. The van der Waals surface area contributed by atoms with Crippen LogP contribution in [0.15, 0.2) is 47.1 Å². The molecule has 2 fully saturated rings. The van der Waals surface area contributed by atoms with Gasteiger partial charge in [0.15, 0.2) is 29.3 Å². The first-order chi connectivity index (χ1) is 24.1. The maximum atomic E-state index is 13.5. The number of pyridine rings is 1. The third kappa shape index (κ3) is 7.67. The highest BCUT2D eigenvalue weighted by molar-refractivity contribution is 7.89. The lowest BCUT2D eigenvalue weighted by atomic mass is 9.84. The Bertz CT molecular complexity index is 1730. The van der Waals surface area contributed by atoms with Crippen LogP contribution in [0.2, 0.25) is 0 Å². The van der Waals surface area contributed by atoms with Gasteiger partial charge in [0.2, 0.25) is 0 Å². The molecule has 2 saturated heterocycles. The summed E-state index contributed by atoms with van der Waals surface area (Å²) in [6.45, 7) is 9.62. The van der Waals surface area contributed by atoms with Crippen LogP contribution in [0.25, 0.3) is 11.1 Å². The van der Waals surface area contributed by atoms with Gasteiger partial charge in [-0.25, -0.2) is 9.55 Å². The second-order valence-electron chi connectivity index (χ2n) is 13.0. The number of ether oxygens (including phenoxy) is 1. The fourth-order valence-electron chi connectivity index (χ4n) is 6.09. The number of nitrogens with zero attached hydrogens (tertiary/aromatic N) is 4. The van der Waals surface area contributed by atoms with E-state index in [0.29, 0.717) is 37.8 Å². The molecule has 15 nitrogen and oxygen atoms in total. The van der Waals surface area contributed by atoms with Crippen molar-refractivity contribution in [2.75, 3.05) is 44.3 Å². The highest BCUT2D eigenvalue weighted by atomic mass is 32.2. The normalized spacial score (nSPS) is 20.6. The Morgan fingerprint density at radius 1 is 1.30 bits per heavy atom. The summed E-state index contributed by atoms with van der Waals surface area (Å²) < 4.78 is 18.8. The van der Waals surface area contributed by atoms with E-state index in [-0.39, 0.29) is 22.6 Å². The minimum Gasteiger partial charge on any atom is -0.486 e. The first-order valence-corrected chi connectivity index (χ1v) is 18.1. The van der Waals surface area contributed by atoms with Gasteiger partial charge in [0.25, 0.3) is 17.6 Å². The predicted octanol–water partition coefficient (Wildman–Crippen LogP) is 2.02. The Labute approximate surface area is 299 Å². The molecule has 0 spiro atoms. The van der Waals surface area contributed by atoms with Crippen molar-refractivity contribution in [3.05, 3.63) is 53.2 Å². The van der Waals surface area contributed by atoms with Gasteiger partial charge < -0.3 is 31.7 Å². The van der Waals surface area contributed by atoms with Crippen molar-refractivity contribution >= 4 is 52.1 Å². The summed E-state index contributed by atoms with van der Waals surface area (Å²) >= 11 is 1.82. The molecule has 0 saturated carbocycles. The van der Waals surface area contributed by atoms with Crippen LogP contribution >= 0.6 is 23.7 Å². The highest BCUT2D eigenvalue weighted by Gasteiger charge is 2.57. The number of hydroxylamine groups is 2. The second kappa shape index (κ2) is 15.5. The second-order valence-corrected chi connectivity index (χ2v) is 14.5. The number of benzene rings is 1. The van der Waals surface area contributed by atoms with Crippen molar-refractivity contribution in [3.8, 4) is 16.9 Å². The van der Waals surface area contributed by atoms with Gasteiger partial charge in [0.05, 0.1) is 31.9 Å². The Kier molecular flexibility index (Phi) is 11.1. The first-order valence-electron chi connectivity index (χ1n) is 16.5. The predicted molar refractivity (Wildman–Crippen MR) is 191 cm³/mol. The number of aryl methyl sites for hydroxylation is 1. The molecule has 6 rings (SSSR count). The molecular weight excluding hydrogens is 683 g/mol. The van der Waals surface area contributed by atoms with Crippen molar-refractivity contribution in [3.63, 3.8) is 0 Å². The van der Waals surface area contributed by atoms with Crippen LogP contribution in [0, 0.1) is 5.92 Å². The molecule has 0 bridgehead atoms. The van der Waals surface area contributed by atoms with Gasteiger partial charge in [-0.15, -0.1) is 11.3 Å².